The topological polar surface area (TPSA) is 102 Å². The van der Waals surface area contributed by atoms with Crippen LogP contribution in [0.4, 0.5) is 10.5 Å². The van der Waals surface area contributed by atoms with Gasteiger partial charge in [-0.1, -0.05) is 42.5 Å². The van der Waals surface area contributed by atoms with Crippen molar-refractivity contribution in [2.45, 2.75) is 13.8 Å². The Morgan fingerprint density at radius 2 is 1.65 bits per heavy atom. The monoisotopic (exact) mass is 452 g/mol. The van der Waals surface area contributed by atoms with Gasteiger partial charge < -0.3 is 14.3 Å². The maximum Gasteiger partial charge on any atom is 0.417 e. The minimum absolute atomic E-state index is 0.0985. The van der Waals surface area contributed by atoms with Crippen molar-refractivity contribution < 1.29 is 23.8 Å². The Morgan fingerprint density at radius 1 is 0.941 bits per heavy atom. The van der Waals surface area contributed by atoms with Gasteiger partial charge in [-0.15, -0.1) is 0 Å². The van der Waals surface area contributed by atoms with E-state index >= 15 is 0 Å². The van der Waals surface area contributed by atoms with Crippen molar-refractivity contribution in [3.63, 3.8) is 0 Å². The van der Waals surface area contributed by atoms with Crippen molar-refractivity contribution in [2.75, 3.05) is 5.32 Å². The molecule has 3 aromatic carbocycles. The number of pyridine rings is 1. The molecule has 0 saturated carbocycles. The molecule has 5 aromatic rings. The highest BCUT2D eigenvalue weighted by molar-refractivity contribution is 6.06. The average molecular weight is 452 g/mol. The molecule has 0 radical (unpaired) electrons. The number of rotatable bonds is 4. The van der Waals surface area contributed by atoms with Gasteiger partial charge in [-0.25, -0.2) is 14.6 Å². The lowest BCUT2D eigenvalue weighted by molar-refractivity contribution is 0.0699. The summed E-state index contributed by atoms with van der Waals surface area (Å²) in [6.07, 6.45) is -0.703. The summed E-state index contributed by atoms with van der Waals surface area (Å²) in [6.45, 7) is 3.72. The molecule has 0 unspecified atom stereocenters. The number of aromatic carboxylic acids is 1. The van der Waals surface area contributed by atoms with Crippen molar-refractivity contribution >= 4 is 39.6 Å². The van der Waals surface area contributed by atoms with Crippen molar-refractivity contribution in [3.8, 4) is 17.2 Å². The second-order valence-electron chi connectivity index (χ2n) is 7.92. The van der Waals surface area contributed by atoms with Crippen molar-refractivity contribution in [1.82, 2.24) is 4.98 Å². The molecule has 1 amide bonds. The lowest BCUT2D eigenvalue weighted by Crippen LogP contribution is -2.16. The zero-order chi connectivity index (χ0) is 23.8. The van der Waals surface area contributed by atoms with Crippen LogP contribution in [0, 0.1) is 13.8 Å². The number of carbonyl (C=O) groups is 2. The van der Waals surface area contributed by atoms with Gasteiger partial charge in [0.2, 0.25) is 0 Å². The Labute approximate surface area is 194 Å². The Morgan fingerprint density at radius 3 is 2.41 bits per heavy atom. The van der Waals surface area contributed by atoms with Crippen molar-refractivity contribution in [3.05, 3.63) is 89.5 Å². The van der Waals surface area contributed by atoms with Crippen LogP contribution in [0.2, 0.25) is 0 Å². The first-order chi connectivity index (χ1) is 16.4. The zero-order valence-electron chi connectivity index (χ0n) is 18.5. The van der Waals surface area contributed by atoms with Crippen LogP contribution in [-0.2, 0) is 0 Å². The van der Waals surface area contributed by atoms with Crippen LogP contribution < -0.4 is 10.1 Å². The average Bonchev–Trinajstić information content (AvgIpc) is 3.19. The van der Waals surface area contributed by atoms with Gasteiger partial charge in [0.05, 0.1) is 16.5 Å². The number of hydrogen-bond donors (Lipinski definition) is 2. The maximum atomic E-state index is 12.7. The molecule has 0 spiro atoms. The van der Waals surface area contributed by atoms with Gasteiger partial charge in [-0.2, -0.15) is 0 Å². The molecular weight excluding hydrogens is 432 g/mol. The number of furan rings is 1. The van der Waals surface area contributed by atoms with Crippen LogP contribution in [0.5, 0.6) is 5.75 Å². The minimum atomic E-state index is -1.08. The molecule has 0 fully saturated rings. The fourth-order valence-corrected chi connectivity index (χ4v) is 3.98. The van der Waals surface area contributed by atoms with Crippen molar-refractivity contribution in [1.29, 1.82) is 0 Å². The first-order valence-corrected chi connectivity index (χ1v) is 10.6. The predicted molar refractivity (Wildman–Crippen MR) is 129 cm³/mol. The number of anilines is 1. The molecule has 168 valence electrons. The molecular formula is C27H20N2O5. The summed E-state index contributed by atoms with van der Waals surface area (Å²) in [5.74, 6) is -0.741. The largest absolute Gasteiger partial charge is 0.478 e. The highest BCUT2D eigenvalue weighted by Crippen LogP contribution is 2.41. The van der Waals surface area contributed by atoms with E-state index in [1.54, 1.807) is 48.5 Å². The molecule has 2 N–H and O–H groups in total. The van der Waals surface area contributed by atoms with Gasteiger partial charge in [-0.05, 0) is 55.3 Å². The summed E-state index contributed by atoms with van der Waals surface area (Å²) in [4.78, 5) is 29.6. The summed E-state index contributed by atoms with van der Waals surface area (Å²) in [5, 5.41) is 13.8. The maximum absolute atomic E-state index is 12.7. The fourth-order valence-electron chi connectivity index (χ4n) is 3.98. The van der Waals surface area contributed by atoms with Gasteiger partial charge in [0.25, 0.3) is 0 Å². The number of carboxylic acid groups (broad SMARTS) is 1. The number of amides is 1. The third kappa shape index (κ3) is 3.73. The number of fused-ring (bicyclic) bond motifs is 2. The van der Waals surface area contributed by atoms with E-state index < -0.39 is 12.1 Å². The lowest BCUT2D eigenvalue weighted by Gasteiger charge is -2.11. The number of carbonyl (C=O) groups excluding carboxylic acids is 1. The standard InChI is InChI=1S/C27H20N2O5/c1-15-12-13-16(2)23-22(15)19(26(30)31)14-20(29-23)25-24(18-10-6-7-11-21(18)33-25)34-27(32)28-17-8-4-3-5-9-17/h3-14H,1-2H3,(H,28,32)(H,30,31). The fraction of sp³-hybridized carbons (Fsp3) is 0.0741. The van der Waals surface area contributed by atoms with Crippen LogP contribution in [0.25, 0.3) is 33.3 Å². The molecule has 7 nitrogen and oxygen atoms in total. The summed E-state index contributed by atoms with van der Waals surface area (Å²) in [5.41, 5.74) is 3.60. The van der Waals surface area contributed by atoms with E-state index in [0.717, 1.165) is 11.1 Å². The zero-order valence-corrected chi connectivity index (χ0v) is 18.5. The summed E-state index contributed by atoms with van der Waals surface area (Å²) in [6, 6.07) is 21.2. The van der Waals surface area contributed by atoms with Crippen molar-refractivity contribution in [2.24, 2.45) is 0 Å². The number of benzene rings is 3. The molecule has 0 bridgehead atoms. The van der Waals surface area contributed by atoms with Gasteiger partial charge in [0, 0.05) is 11.1 Å². The van der Waals surface area contributed by atoms with E-state index in [1.165, 1.54) is 6.07 Å². The van der Waals surface area contributed by atoms with Crippen LogP contribution in [0.1, 0.15) is 21.5 Å². The summed E-state index contributed by atoms with van der Waals surface area (Å²) < 4.78 is 11.7. The molecule has 5 rings (SSSR count). The van der Waals surface area contributed by atoms with Crippen LogP contribution >= 0.6 is 0 Å². The molecule has 7 heteroatoms. The number of ether oxygens (including phenoxy) is 1. The Balaban J connectivity index is 1.68. The van der Waals surface area contributed by atoms with Crippen LogP contribution in [-0.4, -0.2) is 22.2 Å². The first kappa shape index (κ1) is 21.2. The Hall–Kier alpha value is -4.65. The molecule has 2 aromatic heterocycles. The van der Waals surface area contributed by atoms with Crippen LogP contribution in [0.15, 0.2) is 77.2 Å². The second kappa shape index (κ2) is 8.37. The van der Waals surface area contributed by atoms with E-state index in [-0.39, 0.29) is 22.8 Å². The first-order valence-electron chi connectivity index (χ1n) is 10.6. The Bertz CT molecular complexity index is 1570. The summed E-state index contributed by atoms with van der Waals surface area (Å²) >= 11 is 0. The van der Waals surface area contributed by atoms with E-state index in [4.69, 9.17) is 14.1 Å². The number of aromatic nitrogens is 1. The molecule has 0 aliphatic heterocycles. The van der Waals surface area contributed by atoms with Gasteiger partial charge in [0.15, 0.2) is 11.5 Å². The third-order valence-electron chi connectivity index (χ3n) is 5.60. The number of carboxylic acids is 1. The van der Waals surface area contributed by atoms with Gasteiger partial charge in [-0.3, -0.25) is 5.32 Å². The quantitative estimate of drug-likeness (QED) is 0.320. The second-order valence-corrected chi connectivity index (χ2v) is 7.92. The molecule has 0 saturated heterocycles. The predicted octanol–water partition coefficient (Wildman–Crippen LogP) is 6.57. The lowest BCUT2D eigenvalue weighted by atomic mass is 9.99. The molecule has 0 aliphatic rings. The van der Waals surface area contributed by atoms with Crippen LogP contribution in [0.3, 0.4) is 0 Å². The Kier molecular flexibility index (Phi) is 5.22. The number of nitrogens with one attached hydrogen (secondary N) is 1. The highest BCUT2D eigenvalue weighted by Gasteiger charge is 2.24. The van der Waals surface area contributed by atoms with E-state index in [9.17, 15) is 14.7 Å². The number of nitrogens with zero attached hydrogens (tertiary/aromatic N) is 1. The normalized spacial score (nSPS) is 11.0. The SMILES string of the molecule is Cc1ccc(C)c2c(C(=O)O)cc(-c3oc4ccccc4c3OC(=O)Nc3ccccc3)nc12. The molecule has 2 heterocycles. The van der Waals surface area contributed by atoms with E-state index in [1.807, 2.05) is 32.0 Å². The number of para-hydroxylation sites is 2. The smallest absolute Gasteiger partial charge is 0.417 e. The highest BCUT2D eigenvalue weighted by atomic mass is 16.6. The molecule has 0 aliphatic carbocycles. The number of aryl methyl sites for hydroxylation is 2. The third-order valence-corrected chi connectivity index (χ3v) is 5.60. The van der Waals surface area contributed by atoms with E-state index in [2.05, 4.69) is 5.32 Å². The van der Waals surface area contributed by atoms with Gasteiger partial charge >= 0.3 is 12.1 Å². The summed E-state index contributed by atoms with van der Waals surface area (Å²) in [7, 11) is 0. The van der Waals surface area contributed by atoms with Gasteiger partial charge in [0.1, 0.15) is 11.3 Å². The molecule has 34 heavy (non-hydrogen) atoms. The van der Waals surface area contributed by atoms with E-state index in [0.29, 0.717) is 27.6 Å². The molecule has 0 atom stereocenters. The number of hydrogen-bond acceptors (Lipinski definition) is 5. The minimum Gasteiger partial charge on any atom is -0.478 e.